The molecule has 0 radical (unpaired) electrons. The lowest BCUT2D eigenvalue weighted by atomic mass is 10.2. The molecule has 0 amide bonds. The van der Waals surface area contributed by atoms with Gasteiger partial charge in [0.15, 0.2) is 11.5 Å². The fourth-order valence-electron chi connectivity index (χ4n) is 3.10. The number of fused-ring (bicyclic) bond motifs is 1. The van der Waals surface area contributed by atoms with Gasteiger partial charge in [0.2, 0.25) is 0 Å². The van der Waals surface area contributed by atoms with Crippen molar-refractivity contribution in [1.29, 1.82) is 0 Å². The molecular formula is C24H28BrN3O3. The minimum atomic E-state index is -0.183. The summed E-state index contributed by atoms with van der Waals surface area (Å²) in [6, 6.07) is 11.1. The molecule has 6 nitrogen and oxygen atoms in total. The third-order valence-corrected chi connectivity index (χ3v) is 5.54. The third kappa shape index (κ3) is 5.53. The van der Waals surface area contributed by atoms with Crippen molar-refractivity contribution in [2.75, 3.05) is 7.11 Å². The summed E-state index contributed by atoms with van der Waals surface area (Å²) in [4.78, 5) is 17.9. The quantitative estimate of drug-likeness (QED) is 0.371. The molecule has 1 heterocycles. The number of hydrogen-bond donors (Lipinski definition) is 0. The standard InChI is InChI=1S/C24H28BrN3O3/c1-5-7-8-23-27-20-11-10-18(25)14-19(20)24(29)28(23)26-15-17-9-12-21(22(13-17)30-4)31-16(3)6-2/h9-16H,5-8H2,1-4H3/t16-/m1/s1. The van der Waals surface area contributed by atoms with E-state index in [0.29, 0.717) is 34.6 Å². The van der Waals surface area contributed by atoms with Crippen LogP contribution in [0.5, 0.6) is 11.5 Å². The molecule has 0 aliphatic heterocycles. The molecular weight excluding hydrogens is 458 g/mol. The van der Waals surface area contributed by atoms with Gasteiger partial charge in [-0.05, 0) is 61.7 Å². The fraction of sp³-hybridized carbons (Fsp3) is 0.375. The highest BCUT2D eigenvalue weighted by Crippen LogP contribution is 2.29. The number of rotatable bonds is 9. The van der Waals surface area contributed by atoms with E-state index >= 15 is 0 Å². The van der Waals surface area contributed by atoms with Crippen LogP contribution in [0, 0.1) is 0 Å². The molecule has 31 heavy (non-hydrogen) atoms. The Kier molecular flexibility index (Phi) is 7.85. The lowest BCUT2D eigenvalue weighted by molar-refractivity contribution is 0.207. The van der Waals surface area contributed by atoms with Crippen molar-refractivity contribution >= 4 is 33.0 Å². The Labute approximate surface area is 191 Å². The first-order valence-electron chi connectivity index (χ1n) is 10.6. The molecule has 0 spiro atoms. The number of aryl methyl sites for hydroxylation is 1. The number of nitrogens with zero attached hydrogens (tertiary/aromatic N) is 3. The van der Waals surface area contributed by atoms with E-state index in [2.05, 4.69) is 34.9 Å². The zero-order valence-corrected chi connectivity index (χ0v) is 20.0. The number of unbranched alkanes of at least 4 members (excludes halogenated alkanes) is 1. The molecule has 0 aliphatic carbocycles. The molecule has 164 valence electrons. The second kappa shape index (κ2) is 10.6. The maximum absolute atomic E-state index is 13.2. The van der Waals surface area contributed by atoms with Gasteiger partial charge in [-0.2, -0.15) is 9.78 Å². The van der Waals surface area contributed by atoms with E-state index < -0.39 is 0 Å². The van der Waals surface area contributed by atoms with Gasteiger partial charge >= 0.3 is 0 Å². The highest BCUT2D eigenvalue weighted by molar-refractivity contribution is 9.10. The van der Waals surface area contributed by atoms with Gasteiger partial charge in [-0.15, -0.1) is 0 Å². The van der Waals surface area contributed by atoms with E-state index in [1.165, 1.54) is 4.68 Å². The smallest absolute Gasteiger partial charge is 0.282 e. The molecule has 1 atom stereocenters. The van der Waals surface area contributed by atoms with Crippen LogP contribution in [0.1, 0.15) is 51.4 Å². The van der Waals surface area contributed by atoms with Crippen LogP contribution in [0.3, 0.4) is 0 Å². The number of hydrogen-bond acceptors (Lipinski definition) is 5. The average molecular weight is 486 g/mol. The lowest BCUT2D eigenvalue weighted by Gasteiger charge is -2.15. The molecule has 0 bridgehead atoms. The molecule has 7 heteroatoms. The van der Waals surface area contributed by atoms with Gasteiger partial charge in [0, 0.05) is 10.9 Å². The molecule has 0 saturated carbocycles. The predicted octanol–water partition coefficient (Wildman–Crippen LogP) is 5.57. The van der Waals surface area contributed by atoms with E-state index in [9.17, 15) is 4.79 Å². The SMILES string of the molecule is CCCCc1nc2ccc(Br)cc2c(=O)n1N=Cc1ccc(O[C@H](C)CC)c(OC)c1. The highest BCUT2D eigenvalue weighted by atomic mass is 79.9. The number of methoxy groups -OCH3 is 1. The highest BCUT2D eigenvalue weighted by Gasteiger charge is 2.12. The summed E-state index contributed by atoms with van der Waals surface area (Å²) >= 11 is 3.43. The Morgan fingerprint density at radius 2 is 2.00 bits per heavy atom. The molecule has 1 aromatic heterocycles. The van der Waals surface area contributed by atoms with Crippen LogP contribution in [-0.4, -0.2) is 29.1 Å². The summed E-state index contributed by atoms with van der Waals surface area (Å²) in [6.45, 7) is 6.20. The first-order valence-corrected chi connectivity index (χ1v) is 11.4. The predicted molar refractivity (Wildman–Crippen MR) is 129 cm³/mol. The van der Waals surface area contributed by atoms with Crippen LogP contribution >= 0.6 is 15.9 Å². The van der Waals surface area contributed by atoms with Gasteiger partial charge in [-0.3, -0.25) is 4.79 Å². The first kappa shape index (κ1) is 23.0. The van der Waals surface area contributed by atoms with E-state index in [1.54, 1.807) is 19.4 Å². The van der Waals surface area contributed by atoms with E-state index in [-0.39, 0.29) is 11.7 Å². The van der Waals surface area contributed by atoms with Crippen molar-refractivity contribution in [1.82, 2.24) is 9.66 Å². The van der Waals surface area contributed by atoms with E-state index in [0.717, 1.165) is 29.3 Å². The average Bonchev–Trinajstić information content (AvgIpc) is 2.78. The van der Waals surface area contributed by atoms with Crippen LogP contribution in [-0.2, 0) is 6.42 Å². The number of ether oxygens (including phenoxy) is 2. The van der Waals surface area contributed by atoms with Crippen LogP contribution in [0.2, 0.25) is 0 Å². The third-order valence-electron chi connectivity index (χ3n) is 5.04. The zero-order chi connectivity index (χ0) is 22.4. The van der Waals surface area contributed by atoms with Gasteiger partial charge in [0.05, 0.1) is 30.3 Å². The van der Waals surface area contributed by atoms with Gasteiger partial charge in [-0.25, -0.2) is 4.98 Å². The summed E-state index contributed by atoms with van der Waals surface area (Å²) in [6.07, 6.45) is 5.27. The summed E-state index contributed by atoms with van der Waals surface area (Å²) < 4.78 is 13.6. The van der Waals surface area contributed by atoms with Gasteiger partial charge in [0.25, 0.3) is 5.56 Å². The second-order valence-electron chi connectivity index (χ2n) is 7.40. The zero-order valence-electron chi connectivity index (χ0n) is 18.4. The number of benzene rings is 2. The topological polar surface area (TPSA) is 65.7 Å². The number of aromatic nitrogens is 2. The summed E-state index contributed by atoms with van der Waals surface area (Å²) in [7, 11) is 1.61. The molecule has 0 fully saturated rings. The molecule has 0 N–H and O–H groups in total. The Hall–Kier alpha value is -2.67. The van der Waals surface area contributed by atoms with Crippen LogP contribution < -0.4 is 15.0 Å². The molecule has 3 rings (SSSR count). The molecule has 2 aromatic carbocycles. The van der Waals surface area contributed by atoms with Crippen LogP contribution in [0.15, 0.2) is 50.8 Å². The Morgan fingerprint density at radius 1 is 1.19 bits per heavy atom. The number of halogens is 1. The second-order valence-corrected chi connectivity index (χ2v) is 8.32. The molecule has 0 aliphatic rings. The fourth-order valence-corrected chi connectivity index (χ4v) is 3.46. The van der Waals surface area contributed by atoms with Crippen molar-refractivity contribution in [2.45, 2.75) is 52.6 Å². The van der Waals surface area contributed by atoms with Crippen molar-refractivity contribution in [3.05, 3.63) is 62.6 Å². The monoisotopic (exact) mass is 485 g/mol. The largest absolute Gasteiger partial charge is 0.493 e. The Bertz CT molecular complexity index is 1140. The molecule has 3 aromatic rings. The maximum atomic E-state index is 13.2. The van der Waals surface area contributed by atoms with Crippen molar-refractivity contribution < 1.29 is 9.47 Å². The normalized spacial score (nSPS) is 12.4. The summed E-state index contributed by atoms with van der Waals surface area (Å²) in [5.41, 5.74) is 1.30. The van der Waals surface area contributed by atoms with Gasteiger partial charge < -0.3 is 9.47 Å². The van der Waals surface area contributed by atoms with Crippen molar-refractivity contribution in [3.8, 4) is 11.5 Å². The van der Waals surface area contributed by atoms with E-state index in [1.807, 2.05) is 37.3 Å². The maximum Gasteiger partial charge on any atom is 0.282 e. The Balaban J connectivity index is 2.01. The minimum Gasteiger partial charge on any atom is -0.493 e. The van der Waals surface area contributed by atoms with Crippen molar-refractivity contribution in [2.24, 2.45) is 5.10 Å². The van der Waals surface area contributed by atoms with E-state index in [4.69, 9.17) is 14.5 Å². The Morgan fingerprint density at radius 3 is 2.71 bits per heavy atom. The van der Waals surface area contributed by atoms with Gasteiger partial charge in [0.1, 0.15) is 5.82 Å². The summed E-state index contributed by atoms with van der Waals surface area (Å²) in [5, 5.41) is 5.03. The minimum absolute atomic E-state index is 0.0936. The van der Waals surface area contributed by atoms with Crippen LogP contribution in [0.25, 0.3) is 10.9 Å². The van der Waals surface area contributed by atoms with Crippen LogP contribution in [0.4, 0.5) is 0 Å². The molecule has 0 unspecified atom stereocenters. The lowest BCUT2D eigenvalue weighted by Crippen LogP contribution is -2.22. The summed E-state index contributed by atoms with van der Waals surface area (Å²) in [5.74, 6) is 1.97. The first-order chi connectivity index (χ1) is 15.0. The van der Waals surface area contributed by atoms with Gasteiger partial charge in [-0.1, -0.05) is 36.2 Å². The molecule has 0 saturated heterocycles. The van der Waals surface area contributed by atoms with Crippen molar-refractivity contribution in [3.63, 3.8) is 0 Å².